The van der Waals surface area contributed by atoms with Crippen molar-refractivity contribution < 1.29 is 0 Å². The molecule has 1 aromatic heterocycles. The SMILES string of the molecule is Cc1c(Cl)cccc1-n1nc(Cc2ccccc2)c2c1NCCCC2. The van der Waals surface area contributed by atoms with E-state index in [0.29, 0.717) is 0 Å². The number of aromatic nitrogens is 2. The van der Waals surface area contributed by atoms with E-state index in [1.165, 1.54) is 24.0 Å². The minimum Gasteiger partial charge on any atom is -0.370 e. The maximum Gasteiger partial charge on any atom is 0.133 e. The molecule has 0 aliphatic carbocycles. The van der Waals surface area contributed by atoms with E-state index in [-0.39, 0.29) is 0 Å². The summed E-state index contributed by atoms with van der Waals surface area (Å²) in [5.74, 6) is 1.13. The van der Waals surface area contributed by atoms with Crippen LogP contribution in [0.4, 0.5) is 5.82 Å². The second kappa shape index (κ2) is 6.93. The quantitative estimate of drug-likeness (QED) is 0.705. The Bertz CT molecular complexity index is 884. The van der Waals surface area contributed by atoms with E-state index in [4.69, 9.17) is 16.7 Å². The second-order valence-electron chi connectivity index (χ2n) is 6.62. The Balaban J connectivity index is 1.83. The fourth-order valence-corrected chi connectivity index (χ4v) is 3.67. The lowest BCUT2D eigenvalue weighted by Gasteiger charge is -2.12. The van der Waals surface area contributed by atoms with Crippen LogP contribution in [-0.2, 0) is 12.8 Å². The molecule has 0 amide bonds. The van der Waals surface area contributed by atoms with Gasteiger partial charge in [-0.3, -0.25) is 0 Å². The van der Waals surface area contributed by atoms with Gasteiger partial charge in [-0.15, -0.1) is 0 Å². The highest BCUT2D eigenvalue weighted by molar-refractivity contribution is 6.31. The molecule has 0 saturated heterocycles. The molecular weight excluding hydrogens is 330 g/mol. The van der Waals surface area contributed by atoms with Gasteiger partial charge in [-0.05, 0) is 49.4 Å². The zero-order chi connectivity index (χ0) is 17.2. The Kier molecular flexibility index (Phi) is 4.50. The van der Waals surface area contributed by atoms with E-state index in [1.807, 2.05) is 12.1 Å². The molecule has 4 heteroatoms. The maximum atomic E-state index is 6.35. The summed E-state index contributed by atoms with van der Waals surface area (Å²) in [7, 11) is 0. The van der Waals surface area contributed by atoms with Crippen molar-refractivity contribution in [3.63, 3.8) is 0 Å². The van der Waals surface area contributed by atoms with Crippen molar-refractivity contribution in [3.8, 4) is 5.69 Å². The standard InChI is InChI=1S/C21H22ClN3/c1-15-18(22)11-7-12-20(15)25-21-17(10-5-6-13-23-21)19(24-25)14-16-8-3-2-4-9-16/h2-4,7-9,11-12,23H,5-6,10,13-14H2,1H3. The van der Waals surface area contributed by atoms with E-state index in [1.54, 1.807) is 0 Å². The largest absolute Gasteiger partial charge is 0.370 e. The smallest absolute Gasteiger partial charge is 0.133 e. The highest BCUT2D eigenvalue weighted by atomic mass is 35.5. The first-order valence-corrected chi connectivity index (χ1v) is 9.26. The van der Waals surface area contributed by atoms with Crippen LogP contribution >= 0.6 is 11.6 Å². The van der Waals surface area contributed by atoms with Gasteiger partial charge in [0.1, 0.15) is 5.82 Å². The number of nitrogens with one attached hydrogen (secondary N) is 1. The molecule has 0 saturated carbocycles. The lowest BCUT2D eigenvalue weighted by atomic mass is 10.0. The second-order valence-corrected chi connectivity index (χ2v) is 7.02. The molecule has 2 aromatic carbocycles. The normalized spacial score (nSPS) is 13.8. The first-order valence-electron chi connectivity index (χ1n) is 8.88. The van der Waals surface area contributed by atoms with Gasteiger partial charge in [-0.2, -0.15) is 5.10 Å². The molecule has 4 rings (SSSR count). The van der Waals surface area contributed by atoms with Crippen LogP contribution in [-0.4, -0.2) is 16.3 Å². The molecule has 0 spiro atoms. The molecule has 1 N–H and O–H groups in total. The summed E-state index contributed by atoms with van der Waals surface area (Å²) < 4.78 is 2.06. The number of anilines is 1. The van der Waals surface area contributed by atoms with E-state index < -0.39 is 0 Å². The Morgan fingerprint density at radius 1 is 1.08 bits per heavy atom. The van der Waals surface area contributed by atoms with Crippen molar-refractivity contribution >= 4 is 17.4 Å². The van der Waals surface area contributed by atoms with Gasteiger partial charge in [0, 0.05) is 23.6 Å². The molecular formula is C21H22ClN3. The van der Waals surface area contributed by atoms with Crippen molar-refractivity contribution in [3.05, 3.63) is 75.9 Å². The van der Waals surface area contributed by atoms with Crippen molar-refractivity contribution in [2.24, 2.45) is 0 Å². The van der Waals surface area contributed by atoms with E-state index >= 15 is 0 Å². The van der Waals surface area contributed by atoms with E-state index in [2.05, 4.69) is 53.3 Å². The molecule has 128 valence electrons. The van der Waals surface area contributed by atoms with Crippen molar-refractivity contribution in [1.82, 2.24) is 9.78 Å². The predicted molar refractivity (Wildman–Crippen MR) is 104 cm³/mol. The average molecular weight is 352 g/mol. The third kappa shape index (κ3) is 3.16. The Morgan fingerprint density at radius 3 is 2.76 bits per heavy atom. The summed E-state index contributed by atoms with van der Waals surface area (Å²) in [6, 6.07) is 16.6. The van der Waals surface area contributed by atoms with Gasteiger partial charge in [0.05, 0.1) is 11.4 Å². The van der Waals surface area contributed by atoms with Crippen molar-refractivity contribution in [2.45, 2.75) is 32.6 Å². The van der Waals surface area contributed by atoms with Gasteiger partial charge < -0.3 is 5.32 Å². The number of benzene rings is 2. The van der Waals surface area contributed by atoms with Crippen LogP contribution < -0.4 is 5.32 Å². The van der Waals surface area contributed by atoms with Crippen LogP contribution in [0.2, 0.25) is 5.02 Å². The fraction of sp³-hybridized carbons (Fsp3) is 0.286. The third-order valence-electron chi connectivity index (χ3n) is 4.89. The van der Waals surface area contributed by atoms with Crippen molar-refractivity contribution in [2.75, 3.05) is 11.9 Å². The number of hydrogen-bond acceptors (Lipinski definition) is 2. The zero-order valence-corrected chi connectivity index (χ0v) is 15.2. The molecule has 25 heavy (non-hydrogen) atoms. The molecule has 0 radical (unpaired) electrons. The van der Waals surface area contributed by atoms with Gasteiger partial charge in [0.25, 0.3) is 0 Å². The molecule has 0 fully saturated rings. The van der Waals surface area contributed by atoms with Crippen LogP contribution in [0.25, 0.3) is 5.69 Å². The molecule has 0 unspecified atom stereocenters. The minimum atomic E-state index is 0.778. The molecule has 0 atom stereocenters. The number of nitrogens with zero attached hydrogens (tertiary/aromatic N) is 2. The fourth-order valence-electron chi connectivity index (χ4n) is 3.50. The van der Waals surface area contributed by atoms with Gasteiger partial charge in [-0.1, -0.05) is 48.0 Å². The van der Waals surface area contributed by atoms with Crippen LogP contribution in [0.15, 0.2) is 48.5 Å². The molecule has 1 aliphatic rings. The van der Waals surface area contributed by atoms with Gasteiger partial charge in [0.2, 0.25) is 0 Å². The Hall–Kier alpha value is -2.26. The number of fused-ring (bicyclic) bond motifs is 1. The lowest BCUT2D eigenvalue weighted by Crippen LogP contribution is -2.08. The average Bonchev–Trinajstić information content (AvgIpc) is 2.81. The van der Waals surface area contributed by atoms with E-state index in [0.717, 1.165) is 47.2 Å². The summed E-state index contributed by atoms with van der Waals surface area (Å²) >= 11 is 6.35. The highest BCUT2D eigenvalue weighted by Gasteiger charge is 2.21. The summed E-state index contributed by atoms with van der Waals surface area (Å²) in [5.41, 5.74) is 5.92. The molecule has 3 aromatic rings. The van der Waals surface area contributed by atoms with Gasteiger partial charge in [0.15, 0.2) is 0 Å². The molecule has 3 nitrogen and oxygen atoms in total. The van der Waals surface area contributed by atoms with E-state index in [9.17, 15) is 0 Å². The predicted octanol–water partition coefficient (Wildman–Crippen LogP) is 5.17. The summed E-state index contributed by atoms with van der Waals surface area (Å²) in [5, 5.41) is 9.38. The number of halogens is 1. The van der Waals surface area contributed by atoms with Crippen LogP contribution in [0.1, 0.15) is 35.2 Å². The summed E-state index contributed by atoms with van der Waals surface area (Å²) in [6.07, 6.45) is 4.32. The monoisotopic (exact) mass is 351 g/mol. The Morgan fingerprint density at radius 2 is 1.92 bits per heavy atom. The summed E-state index contributed by atoms with van der Waals surface area (Å²) in [6.45, 7) is 3.04. The first-order chi connectivity index (χ1) is 12.2. The number of hydrogen-bond donors (Lipinski definition) is 1. The molecule has 0 bridgehead atoms. The molecule has 2 heterocycles. The minimum absolute atomic E-state index is 0.778. The molecule has 1 aliphatic heterocycles. The van der Waals surface area contributed by atoms with Gasteiger partial charge in [-0.25, -0.2) is 4.68 Å². The first kappa shape index (κ1) is 16.2. The van der Waals surface area contributed by atoms with Crippen LogP contribution in [0.3, 0.4) is 0 Å². The topological polar surface area (TPSA) is 29.9 Å². The van der Waals surface area contributed by atoms with Crippen molar-refractivity contribution in [1.29, 1.82) is 0 Å². The highest BCUT2D eigenvalue weighted by Crippen LogP contribution is 2.31. The van der Waals surface area contributed by atoms with Gasteiger partial charge >= 0.3 is 0 Å². The maximum absolute atomic E-state index is 6.35. The summed E-state index contributed by atoms with van der Waals surface area (Å²) in [4.78, 5) is 0. The zero-order valence-electron chi connectivity index (χ0n) is 14.4. The van der Waals surface area contributed by atoms with Crippen LogP contribution in [0.5, 0.6) is 0 Å². The Labute approximate surface area is 153 Å². The number of rotatable bonds is 3. The lowest BCUT2D eigenvalue weighted by molar-refractivity contribution is 0.767. The van der Waals surface area contributed by atoms with Crippen LogP contribution in [0, 0.1) is 6.92 Å². The third-order valence-corrected chi connectivity index (χ3v) is 5.30.